The smallest absolute Gasteiger partial charge is 0.251 e. The average molecular weight is 345 g/mol. The zero-order chi connectivity index (χ0) is 17.8. The first kappa shape index (κ1) is 16.9. The third-order valence-electron chi connectivity index (χ3n) is 3.69. The fourth-order valence-electron chi connectivity index (χ4n) is 2.25. The van der Waals surface area contributed by atoms with Crippen molar-refractivity contribution in [3.8, 4) is 0 Å². The predicted octanol–water partition coefficient (Wildman–Crippen LogP) is 2.91. The quantitative estimate of drug-likeness (QED) is 0.754. The van der Waals surface area contributed by atoms with Crippen molar-refractivity contribution >= 4 is 23.2 Å². The molecule has 2 amide bonds. The summed E-state index contributed by atoms with van der Waals surface area (Å²) in [7, 11) is 0. The van der Waals surface area contributed by atoms with E-state index < -0.39 is 17.5 Å². The summed E-state index contributed by atoms with van der Waals surface area (Å²) < 4.78 is 26.6. The van der Waals surface area contributed by atoms with Crippen LogP contribution in [-0.4, -0.2) is 24.4 Å². The van der Waals surface area contributed by atoms with Crippen molar-refractivity contribution in [2.45, 2.75) is 18.9 Å². The first-order chi connectivity index (χ1) is 12.0. The maximum atomic E-state index is 13.5. The van der Waals surface area contributed by atoms with Crippen LogP contribution in [0.4, 0.5) is 20.2 Å². The van der Waals surface area contributed by atoms with Crippen LogP contribution in [-0.2, 0) is 4.79 Å². The van der Waals surface area contributed by atoms with Gasteiger partial charge < -0.3 is 16.0 Å². The zero-order valence-electron chi connectivity index (χ0n) is 13.3. The summed E-state index contributed by atoms with van der Waals surface area (Å²) in [6.07, 6.45) is 1.98. The molecule has 3 rings (SSSR count). The van der Waals surface area contributed by atoms with Crippen LogP contribution in [0.15, 0.2) is 42.5 Å². The van der Waals surface area contributed by atoms with Crippen LogP contribution in [0, 0.1) is 11.6 Å². The molecular weight excluding hydrogens is 328 g/mol. The molecule has 2 aromatic rings. The topological polar surface area (TPSA) is 70.2 Å². The van der Waals surface area contributed by atoms with Gasteiger partial charge in [-0.1, -0.05) is 6.07 Å². The normalized spacial score (nSPS) is 13.2. The highest BCUT2D eigenvalue weighted by Gasteiger charge is 2.23. The van der Waals surface area contributed by atoms with Gasteiger partial charge in [-0.15, -0.1) is 0 Å². The fraction of sp³-hybridized carbons (Fsp3) is 0.222. The number of anilines is 2. The second-order valence-corrected chi connectivity index (χ2v) is 5.85. The third kappa shape index (κ3) is 4.76. The number of carbonyl (C=O) groups is 2. The number of halogens is 2. The van der Waals surface area contributed by atoms with E-state index in [0.29, 0.717) is 11.3 Å². The van der Waals surface area contributed by atoms with Crippen molar-refractivity contribution in [3.63, 3.8) is 0 Å². The summed E-state index contributed by atoms with van der Waals surface area (Å²) in [5.74, 6) is -1.87. The Hall–Kier alpha value is -2.96. The summed E-state index contributed by atoms with van der Waals surface area (Å²) in [4.78, 5) is 24.0. The average Bonchev–Trinajstić information content (AvgIpc) is 3.40. The molecule has 25 heavy (non-hydrogen) atoms. The molecule has 1 fully saturated rings. The molecule has 1 aliphatic rings. The molecule has 0 saturated heterocycles. The van der Waals surface area contributed by atoms with Crippen LogP contribution in [0.25, 0.3) is 0 Å². The predicted molar refractivity (Wildman–Crippen MR) is 90.4 cm³/mol. The van der Waals surface area contributed by atoms with E-state index in [0.717, 1.165) is 31.0 Å². The van der Waals surface area contributed by atoms with Gasteiger partial charge in [-0.2, -0.15) is 0 Å². The van der Waals surface area contributed by atoms with E-state index >= 15 is 0 Å². The van der Waals surface area contributed by atoms with Gasteiger partial charge in [-0.05, 0) is 49.2 Å². The van der Waals surface area contributed by atoms with Gasteiger partial charge in [0.05, 0.1) is 12.2 Å². The standard InChI is InChI=1S/C18H17F2N3O2/c19-12-4-7-15(20)16(9-12)21-10-17(24)22-14-3-1-2-11(8-14)18(25)23-13-5-6-13/h1-4,7-9,13,21H,5-6,10H2,(H,22,24)(H,23,25). The van der Waals surface area contributed by atoms with Crippen LogP contribution in [0.3, 0.4) is 0 Å². The minimum atomic E-state index is -0.645. The Bertz CT molecular complexity index is 807. The molecule has 5 nitrogen and oxygen atoms in total. The maximum Gasteiger partial charge on any atom is 0.251 e. The molecule has 0 heterocycles. The maximum absolute atomic E-state index is 13.5. The van der Waals surface area contributed by atoms with E-state index in [-0.39, 0.29) is 24.2 Å². The van der Waals surface area contributed by atoms with Gasteiger partial charge in [0.2, 0.25) is 5.91 Å². The molecule has 1 aliphatic carbocycles. The Labute approximate surface area is 143 Å². The van der Waals surface area contributed by atoms with Gasteiger partial charge >= 0.3 is 0 Å². The van der Waals surface area contributed by atoms with Crippen molar-refractivity contribution < 1.29 is 18.4 Å². The number of hydrogen-bond acceptors (Lipinski definition) is 3. The van der Waals surface area contributed by atoms with Crippen molar-refractivity contribution in [2.24, 2.45) is 0 Å². The van der Waals surface area contributed by atoms with Crippen molar-refractivity contribution in [2.75, 3.05) is 17.2 Å². The monoisotopic (exact) mass is 345 g/mol. The molecule has 0 aromatic heterocycles. The van der Waals surface area contributed by atoms with Gasteiger partial charge in [0.1, 0.15) is 11.6 Å². The third-order valence-corrected chi connectivity index (χ3v) is 3.69. The number of benzene rings is 2. The van der Waals surface area contributed by atoms with Crippen LogP contribution >= 0.6 is 0 Å². The molecule has 0 unspecified atom stereocenters. The van der Waals surface area contributed by atoms with E-state index in [1.54, 1.807) is 24.3 Å². The molecule has 0 bridgehead atoms. The Morgan fingerprint density at radius 3 is 2.64 bits per heavy atom. The molecule has 0 atom stereocenters. The van der Waals surface area contributed by atoms with Gasteiger partial charge in [0.15, 0.2) is 0 Å². The summed E-state index contributed by atoms with van der Waals surface area (Å²) >= 11 is 0. The SMILES string of the molecule is O=C(CNc1cc(F)ccc1F)Nc1cccc(C(=O)NC2CC2)c1. The number of rotatable bonds is 6. The zero-order valence-corrected chi connectivity index (χ0v) is 13.3. The lowest BCUT2D eigenvalue weighted by molar-refractivity contribution is -0.114. The van der Waals surface area contributed by atoms with Crippen molar-refractivity contribution in [1.82, 2.24) is 5.32 Å². The molecule has 2 aromatic carbocycles. The van der Waals surface area contributed by atoms with Gasteiger partial charge in [0.25, 0.3) is 5.91 Å². The molecule has 0 spiro atoms. The van der Waals surface area contributed by atoms with E-state index in [2.05, 4.69) is 16.0 Å². The highest BCUT2D eigenvalue weighted by molar-refractivity contribution is 5.98. The highest BCUT2D eigenvalue weighted by atomic mass is 19.1. The minimum Gasteiger partial charge on any atom is -0.374 e. The highest BCUT2D eigenvalue weighted by Crippen LogP contribution is 2.20. The summed E-state index contributed by atoms with van der Waals surface area (Å²) in [6.45, 7) is -0.237. The largest absolute Gasteiger partial charge is 0.374 e. The van der Waals surface area contributed by atoms with Crippen molar-refractivity contribution in [3.05, 3.63) is 59.7 Å². The number of amides is 2. The first-order valence-corrected chi connectivity index (χ1v) is 7.91. The lowest BCUT2D eigenvalue weighted by Gasteiger charge is -2.10. The number of nitrogens with one attached hydrogen (secondary N) is 3. The second-order valence-electron chi connectivity index (χ2n) is 5.85. The van der Waals surface area contributed by atoms with E-state index in [9.17, 15) is 18.4 Å². The van der Waals surface area contributed by atoms with Crippen LogP contribution < -0.4 is 16.0 Å². The number of carbonyl (C=O) groups excluding carboxylic acids is 2. The van der Waals surface area contributed by atoms with E-state index in [1.165, 1.54) is 0 Å². The summed E-state index contributed by atoms with van der Waals surface area (Å²) in [6, 6.07) is 9.75. The van der Waals surface area contributed by atoms with Crippen LogP contribution in [0.5, 0.6) is 0 Å². The molecule has 0 radical (unpaired) electrons. The van der Waals surface area contributed by atoms with E-state index in [4.69, 9.17) is 0 Å². The molecular formula is C18H17F2N3O2. The Morgan fingerprint density at radius 2 is 1.88 bits per heavy atom. The minimum absolute atomic E-state index is 0.0901. The van der Waals surface area contributed by atoms with Gasteiger partial charge in [-0.3, -0.25) is 9.59 Å². The lowest BCUT2D eigenvalue weighted by Crippen LogP contribution is -2.26. The molecule has 1 saturated carbocycles. The van der Waals surface area contributed by atoms with Crippen LogP contribution in [0.2, 0.25) is 0 Å². The molecule has 7 heteroatoms. The van der Waals surface area contributed by atoms with Crippen LogP contribution in [0.1, 0.15) is 23.2 Å². The first-order valence-electron chi connectivity index (χ1n) is 7.91. The molecule has 3 N–H and O–H groups in total. The lowest BCUT2D eigenvalue weighted by atomic mass is 10.2. The van der Waals surface area contributed by atoms with E-state index in [1.807, 2.05) is 0 Å². The Balaban J connectivity index is 1.57. The Kier molecular flexibility index (Phi) is 4.92. The fourth-order valence-corrected chi connectivity index (χ4v) is 2.25. The number of hydrogen-bond donors (Lipinski definition) is 3. The summed E-state index contributed by atoms with van der Waals surface area (Å²) in [5, 5.41) is 8.02. The molecule has 0 aliphatic heterocycles. The van der Waals surface area contributed by atoms with Gasteiger partial charge in [0, 0.05) is 17.3 Å². The Morgan fingerprint density at radius 1 is 1.08 bits per heavy atom. The summed E-state index contributed by atoms with van der Waals surface area (Å²) in [5.41, 5.74) is 0.816. The molecule has 130 valence electrons. The second kappa shape index (κ2) is 7.29. The van der Waals surface area contributed by atoms with Gasteiger partial charge in [-0.25, -0.2) is 8.78 Å². The van der Waals surface area contributed by atoms with Crippen molar-refractivity contribution in [1.29, 1.82) is 0 Å².